The number of piperidine rings is 1. The zero-order valence-electron chi connectivity index (χ0n) is 11.5. The lowest BCUT2D eigenvalue weighted by Gasteiger charge is -2.36. The number of hydrogen-bond acceptors (Lipinski definition) is 3. The first-order valence-electron chi connectivity index (χ1n) is 6.81. The SMILES string of the molecule is CCC(=O)N1CCC(N(C)CCCNC)CC1. The van der Waals surface area contributed by atoms with Gasteiger partial charge in [-0.2, -0.15) is 0 Å². The van der Waals surface area contributed by atoms with Crippen molar-refractivity contribution >= 4 is 5.91 Å². The molecule has 0 aromatic carbocycles. The molecule has 100 valence electrons. The van der Waals surface area contributed by atoms with Crippen molar-refractivity contribution in [1.82, 2.24) is 15.1 Å². The van der Waals surface area contributed by atoms with E-state index in [1.54, 1.807) is 0 Å². The van der Waals surface area contributed by atoms with Crippen LogP contribution >= 0.6 is 0 Å². The van der Waals surface area contributed by atoms with Crippen LogP contribution in [0.1, 0.15) is 32.6 Å². The van der Waals surface area contributed by atoms with Gasteiger partial charge >= 0.3 is 0 Å². The predicted octanol–water partition coefficient (Wildman–Crippen LogP) is 0.929. The van der Waals surface area contributed by atoms with Crippen LogP contribution in [-0.4, -0.2) is 62.0 Å². The summed E-state index contributed by atoms with van der Waals surface area (Å²) in [5.74, 6) is 0.307. The summed E-state index contributed by atoms with van der Waals surface area (Å²) in [6.07, 6.45) is 4.09. The lowest BCUT2D eigenvalue weighted by atomic mass is 10.0. The molecule has 0 aliphatic carbocycles. The van der Waals surface area contributed by atoms with Gasteiger partial charge in [0.15, 0.2) is 0 Å². The molecule has 4 nitrogen and oxygen atoms in total. The van der Waals surface area contributed by atoms with E-state index in [1.807, 2.05) is 18.9 Å². The molecule has 1 rings (SSSR count). The molecule has 1 amide bonds. The van der Waals surface area contributed by atoms with Crippen molar-refractivity contribution in [2.45, 2.75) is 38.6 Å². The van der Waals surface area contributed by atoms with Crippen molar-refractivity contribution in [3.8, 4) is 0 Å². The van der Waals surface area contributed by atoms with E-state index in [2.05, 4.69) is 17.3 Å². The van der Waals surface area contributed by atoms with Gasteiger partial charge < -0.3 is 15.1 Å². The second-order valence-corrected chi connectivity index (χ2v) is 4.90. The first-order valence-corrected chi connectivity index (χ1v) is 6.81. The Morgan fingerprint density at radius 1 is 1.41 bits per heavy atom. The molecule has 1 aliphatic rings. The maximum absolute atomic E-state index is 11.6. The molecule has 0 bridgehead atoms. The van der Waals surface area contributed by atoms with Crippen molar-refractivity contribution in [3.63, 3.8) is 0 Å². The monoisotopic (exact) mass is 241 g/mol. The molecule has 0 atom stereocenters. The fraction of sp³-hybridized carbons (Fsp3) is 0.923. The molecule has 0 saturated carbocycles. The molecule has 1 saturated heterocycles. The Kier molecular flexibility index (Phi) is 6.52. The van der Waals surface area contributed by atoms with Crippen LogP contribution in [0.3, 0.4) is 0 Å². The number of rotatable bonds is 6. The highest BCUT2D eigenvalue weighted by Crippen LogP contribution is 2.16. The van der Waals surface area contributed by atoms with E-state index in [0.29, 0.717) is 18.4 Å². The van der Waals surface area contributed by atoms with Crippen molar-refractivity contribution in [2.75, 3.05) is 40.3 Å². The lowest BCUT2D eigenvalue weighted by Crippen LogP contribution is -2.45. The number of hydrogen-bond donors (Lipinski definition) is 1. The summed E-state index contributed by atoms with van der Waals surface area (Å²) in [5, 5.41) is 3.18. The highest BCUT2D eigenvalue weighted by molar-refractivity contribution is 5.75. The van der Waals surface area contributed by atoms with Crippen LogP contribution in [0.25, 0.3) is 0 Å². The molecular weight excluding hydrogens is 214 g/mol. The largest absolute Gasteiger partial charge is 0.343 e. The van der Waals surface area contributed by atoms with Crippen LogP contribution in [0.15, 0.2) is 0 Å². The minimum Gasteiger partial charge on any atom is -0.343 e. The molecule has 1 aliphatic heterocycles. The predicted molar refractivity (Wildman–Crippen MR) is 71.1 cm³/mol. The Morgan fingerprint density at radius 3 is 2.59 bits per heavy atom. The third kappa shape index (κ3) is 4.64. The van der Waals surface area contributed by atoms with Crippen LogP contribution in [0.5, 0.6) is 0 Å². The van der Waals surface area contributed by atoms with Crippen LogP contribution in [0, 0.1) is 0 Å². The Bertz CT molecular complexity index is 225. The van der Waals surface area contributed by atoms with Gasteiger partial charge in [0.05, 0.1) is 0 Å². The Balaban J connectivity index is 2.23. The fourth-order valence-electron chi connectivity index (χ4n) is 2.47. The van der Waals surface area contributed by atoms with Crippen LogP contribution < -0.4 is 5.32 Å². The standard InChI is InChI=1S/C13H27N3O/c1-4-13(17)16-10-6-12(7-11-16)15(3)9-5-8-14-2/h12,14H,4-11H2,1-3H3. The smallest absolute Gasteiger partial charge is 0.222 e. The Morgan fingerprint density at radius 2 is 2.06 bits per heavy atom. The molecule has 0 unspecified atom stereocenters. The molecule has 0 aromatic heterocycles. The van der Waals surface area contributed by atoms with Crippen molar-refractivity contribution in [3.05, 3.63) is 0 Å². The van der Waals surface area contributed by atoms with E-state index in [9.17, 15) is 4.79 Å². The minimum absolute atomic E-state index is 0.307. The van der Waals surface area contributed by atoms with Crippen LogP contribution in [0.4, 0.5) is 0 Å². The van der Waals surface area contributed by atoms with E-state index >= 15 is 0 Å². The summed E-state index contributed by atoms with van der Waals surface area (Å²) in [6, 6.07) is 0.660. The summed E-state index contributed by atoms with van der Waals surface area (Å²) in [5.41, 5.74) is 0. The summed E-state index contributed by atoms with van der Waals surface area (Å²) < 4.78 is 0. The summed E-state index contributed by atoms with van der Waals surface area (Å²) >= 11 is 0. The average Bonchev–Trinajstić information content (AvgIpc) is 2.38. The molecule has 0 spiro atoms. The van der Waals surface area contributed by atoms with Gasteiger partial charge in [-0.25, -0.2) is 0 Å². The van der Waals surface area contributed by atoms with Crippen molar-refractivity contribution in [2.24, 2.45) is 0 Å². The van der Waals surface area contributed by atoms with Gasteiger partial charge in [-0.3, -0.25) is 4.79 Å². The van der Waals surface area contributed by atoms with Gasteiger partial charge in [0, 0.05) is 25.6 Å². The molecular formula is C13H27N3O. The summed E-state index contributed by atoms with van der Waals surface area (Å²) in [7, 11) is 4.20. The molecule has 0 radical (unpaired) electrons. The van der Waals surface area contributed by atoms with Crippen molar-refractivity contribution < 1.29 is 4.79 Å². The number of nitrogens with one attached hydrogen (secondary N) is 1. The van der Waals surface area contributed by atoms with E-state index in [-0.39, 0.29) is 0 Å². The zero-order chi connectivity index (χ0) is 12.7. The van der Waals surface area contributed by atoms with E-state index in [0.717, 1.165) is 39.0 Å². The maximum atomic E-state index is 11.6. The quantitative estimate of drug-likeness (QED) is 0.703. The molecule has 0 aromatic rings. The average molecular weight is 241 g/mol. The normalized spacial score (nSPS) is 17.8. The molecule has 1 fully saturated rings. The second-order valence-electron chi connectivity index (χ2n) is 4.90. The summed E-state index contributed by atoms with van der Waals surface area (Å²) in [4.78, 5) is 16.0. The Labute approximate surface area is 105 Å². The van der Waals surface area contributed by atoms with Gasteiger partial charge in [0.2, 0.25) is 5.91 Å². The molecule has 1 N–H and O–H groups in total. The number of carbonyl (C=O) groups excluding carboxylic acids is 1. The van der Waals surface area contributed by atoms with Crippen molar-refractivity contribution in [1.29, 1.82) is 0 Å². The number of likely N-dealkylation sites (tertiary alicyclic amines) is 1. The first kappa shape index (κ1) is 14.5. The van der Waals surface area contributed by atoms with E-state index in [4.69, 9.17) is 0 Å². The second kappa shape index (κ2) is 7.67. The Hall–Kier alpha value is -0.610. The minimum atomic E-state index is 0.307. The molecule has 17 heavy (non-hydrogen) atoms. The lowest BCUT2D eigenvalue weighted by molar-refractivity contribution is -0.132. The fourth-order valence-corrected chi connectivity index (χ4v) is 2.47. The van der Waals surface area contributed by atoms with Gasteiger partial charge in [-0.05, 0) is 46.4 Å². The van der Waals surface area contributed by atoms with Crippen LogP contribution in [0.2, 0.25) is 0 Å². The number of carbonyl (C=O) groups is 1. The third-order valence-electron chi connectivity index (χ3n) is 3.68. The third-order valence-corrected chi connectivity index (χ3v) is 3.68. The number of amides is 1. The zero-order valence-corrected chi connectivity index (χ0v) is 11.5. The number of nitrogens with zero attached hydrogens (tertiary/aromatic N) is 2. The van der Waals surface area contributed by atoms with E-state index in [1.165, 1.54) is 6.42 Å². The van der Waals surface area contributed by atoms with Gasteiger partial charge in [-0.1, -0.05) is 6.92 Å². The highest BCUT2D eigenvalue weighted by Gasteiger charge is 2.23. The topological polar surface area (TPSA) is 35.6 Å². The van der Waals surface area contributed by atoms with Crippen LogP contribution in [-0.2, 0) is 4.79 Å². The molecule has 1 heterocycles. The summed E-state index contributed by atoms with van der Waals surface area (Å²) in [6.45, 7) is 6.05. The molecule has 4 heteroatoms. The van der Waals surface area contributed by atoms with Gasteiger partial charge in [0.1, 0.15) is 0 Å². The van der Waals surface area contributed by atoms with Gasteiger partial charge in [-0.15, -0.1) is 0 Å². The van der Waals surface area contributed by atoms with Gasteiger partial charge in [0.25, 0.3) is 0 Å². The van der Waals surface area contributed by atoms with E-state index < -0.39 is 0 Å². The first-order chi connectivity index (χ1) is 8.19. The maximum Gasteiger partial charge on any atom is 0.222 e. The highest BCUT2D eigenvalue weighted by atomic mass is 16.2.